The molecule has 4 nitrogen and oxygen atoms in total. The zero-order valence-electron chi connectivity index (χ0n) is 36.0. The lowest BCUT2D eigenvalue weighted by atomic mass is 9.67. The smallest absolute Gasteiger partial charge is 0.151 e. The Bertz CT molecular complexity index is 3060. The van der Waals surface area contributed by atoms with E-state index in [1.165, 1.54) is 105 Å². The fourth-order valence-electron chi connectivity index (χ4n) is 12.1. The molecule has 6 aromatic rings. The molecule has 308 valence electrons. The summed E-state index contributed by atoms with van der Waals surface area (Å²) in [5, 5.41) is 0. The van der Waals surface area contributed by atoms with Gasteiger partial charge in [-0.05, 0) is 142 Å². The minimum Gasteiger partial charge on any atom is -0.482 e. The van der Waals surface area contributed by atoms with Gasteiger partial charge in [0, 0.05) is 22.2 Å². The van der Waals surface area contributed by atoms with Crippen LogP contribution < -0.4 is 19.3 Å². The first-order chi connectivity index (χ1) is 30.9. The molecule has 63 heavy (non-hydrogen) atoms. The number of allylic oxidation sites excluding steroid dienone is 5. The lowest BCUT2D eigenvalue weighted by molar-refractivity contribution is 0.218. The number of ether oxygens (including phenoxy) is 2. The molecule has 13 rings (SSSR count). The largest absolute Gasteiger partial charge is 0.482 e. The van der Waals surface area contributed by atoms with E-state index in [2.05, 4.69) is 194 Å². The molecule has 0 amide bonds. The Morgan fingerprint density at radius 2 is 1.22 bits per heavy atom. The lowest BCUT2D eigenvalue weighted by Gasteiger charge is -2.43. The summed E-state index contributed by atoms with van der Waals surface area (Å²) < 4.78 is 12.9. The van der Waals surface area contributed by atoms with Crippen LogP contribution in [0.1, 0.15) is 92.2 Å². The van der Waals surface area contributed by atoms with Crippen LogP contribution in [0.4, 0.5) is 22.7 Å². The van der Waals surface area contributed by atoms with E-state index in [1.54, 1.807) is 0 Å². The highest BCUT2D eigenvalue weighted by atomic mass is 16.5. The monoisotopic (exact) mass is 818 g/mol. The van der Waals surface area contributed by atoms with Crippen molar-refractivity contribution < 1.29 is 9.47 Å². The second-order valence-electron chi connectivity index (χ2n) is 19.0. The summed E-state index contributed by atoms with van der Waals surface area (Å²) in [5.41, 5.74) is 19.5. The number of benzene rings is 6. The normalized spacial score (nSPS) is 21.2. The molecule has 1 spiro atoms. The zero-order valence-corrected chi connectivity index (χ0v) is 36.0. The van der Waals surface area contributed by atoms with Crippen LogP contribution in [0.3, 0.4) is 0 Å². The van der Waals surface area contributed by atoms with Gasteiger partial charge in [-0.25, -0.2) is 0 Å². The Balaban J connectivity index is 0.823. The van der Waals surface area contributed by atoms with E-state index in [0.29, 0.717) is 0 Å². The van der Waals surface area contributed by atoms with Crippen molar-refractivity contribution in [2.45, 2.75) is 81.8 Å². The van der Waals surface area contributed by atoms with E-state index in [1.807, 2.05) is 0 Å². The average molecular weight is 819 g/mol. The molecule has 0 bridgehead atoms. The average Bonchev–Trinajstić information content (AvgIpc) is 3.71. The maximum atomic E-state index is 6.51. The minimum atomic E-state index is -0.153. The predicted molar refractivity (Wildman–Crippen MR) is 258 cm³/mol. The molecule has 2 heterocycles. The molecule has 4 heteroatoms. The number of anilines is 4. The van der Waals surface area contributed by atoms with E-state index in [0.717, 1.165) is 41.5 Å². The number of para-hydroxylation sites is 4. The van der Waals surface area contributed by atoms with Crippen molar-refractivity contribution in [3.8, 4) is 33.8 Å². The van der Waals surface area contributed by atoms with Crippen LogP contribution in [0.25, 0.3) is 34.4 Å². The highest BCUT2D eigenvalue weighted by Gasteiger charge is 2.45. The highest BCUT2D eigenvalue weighted by Crippen LogP contribution is 2.58. The van der Waals surface area contributed by atoms with Gasteiger partial charge in [0.2, 0.25) is 0 Å². The lowest BCUT2D eigenvalue weighted by Crippen LogP contribution is -2.46. The summed E-state index contributed by atoms with van der Waals surface area (Å²) >= 11 is 0. The van der Waals surface area contributed by atoms with Crippen LogP contribution >= 0.6 is 0 Å². The van der Waals surface area contributed by atoms with Gasteiger partial charge >= 0.3 is 0 Å². The third-order valence-electron chi connectivity index (χ3n) is 15.2. The molecule has 0 saturated heterocycles. The fraction of sp³-hybridized carbons (Fsp3) is 0.220. The zero-order chi connectivity index (χ0) is 41.9. The molecule has 6 aromatic carbocycles. The molecule has 0 N–H and O–H groups in total. The summed E-state index contributed by atoms with van der Waals surface area (Å²) in [6.45, 7) is 4.78. The maximum Gasteiger partial charge on any atom is 0.151 e. The Morgan fingerprint density at radius 1 is 0.603 bits per heavy atom. The van der Waals surface area contributed by atoms with Crippen molar-refractivity contribution in [1.29, 1.82) is 0 Å². The van der Waals surface area contributed by atoms with Gasteiger partial charge in [0.15, 0.2) is 5.75 Å². The third-order valence-corrected chi connectivity index (χ3v) is 15.2. The highest BCUT2D eigenvalue weighted by molar-refractivity contribution is 5.89. The van der Waals surface area contributed by atoms with Crippen LogP contribution in [0.5, 0.6) is 11.5 Å². The fourth-order valence-corrected chi connectivity index (χ4v) is 12.1. The summed E-state index contributed by atoms with van der Waals surface area (Å²) in [6, 6.07) is 45.8. The standard InChI is InChI=1S/C59H50N2O2/c1-58(2)46-34-38(24-28-42(46)43-30-26-40(36-47(43)58)60-50-14-4-8-18-54(50)62-55-19-9-5-15-51(55)60)22-23-39-25-29-44-45-31-27-41(37-49(45)59(48(44)35-39)32-12-3-13-33-59)61-52-16-6-10-20-56(52)63-57-21-11-7-17-53(57)61/h4,6-11,14,16-31,34-37,52,56H,3,5,12-13,15,32-33H2,1-2H3/b23-22+. The van der Waals surface area contributed by atoms with Crippen molar-refractivity contribution in [1.82, 2.24) is 0 Å². The van der Waals surface area contributed by atoms with Crippen LogP contribution in [-0.4, -0.2) is 12.1 Å². The quantitative estimate of drug-likeness (QED) is 0.165. The van der Waals surface area contributed by atoms with E-state index >= 15 is 0 Å². The molecule has 2 atom stereocenters. The molecule has 7 aliphatic rings. The first kappa shape index (κ1) is 36.8. The van der Waals surface area contributed by atoms with Crippen molar-refractivity contribution >= 4 is 34.9 Å². The second-order valence-corrected chi connectivity index (χ2v) is 19.0. The first-order valence-electron chi connectivity index (χ1n) is 23.1. The number of hydrogen-bond acceptors (Lipinski definition) is 4. The number of nitrogens with zero attached hydrogens (tertiary/aromatic N) is 2. The summed E-state index contributed by atoms with van der Waals surface area (Å²) in [7, 11) is 0. The van der Waals surface area contributed by atoms with Gasteiger partial charge < -0.3 is 19.3 Å². The van der Waals surface area contributed by atoms with Crippen molar-refractivity contribution in [3.05, 3.63) is 203 Å². The Kier molecular flexibility index (Phi) is 8.10. The Hall–Kier alpha value is -6.78. The van der Waals surface area contributed by atoms with Crippen molar-refractivity contribution in [2.75, 3.05) is 9.80 Å². The van der Waals surface area contributed by atoms with E-state index in [4.69, 9.17) is 9.47 Å². The van der Waals surface area contributed by atoms with Crippen molar-refractivity contribution in [3.63, 3.8) is 0 Å². The second kappa shape index (κ2) is 13.9. The maximum absolute atomic E-state index is 6.51. The van der Waals surface area contributed by atoms with Gasteiger partial charge in [-0.2, -0.15) is 0 Å². The van der Waals surface area contributed by atoms with Gasteiger partial charge in [-0.15, -0.1) is 0 Å². The number of hydrogen-bond donors (Lipinski definition) is 0. The molecule has 2 aliphatic heterocycles. The van der Waals surface area contributed by atoms with Gasteiger partial charge in [-0.1, -0.05) is 142 Å². The molecule has 1 saturated carbocycles. The molecule has 5 aliphatic carbocycles. The van der Waals surface area contributed by atoms with E-state index in [9.17, 15) is 0 Å². The minimum absolute atomic E-state index is 0.0201. The number of rotatable bonds is 4. The summed E-state index contributed by atoms with van der Waals surface area (Å²) in [4.78, 5) is 4.94. The topological polar surface area (TPSA) is 24.9 Å². The summed E-state index contributed by atoms with van der Waals surface area (Å²) in [5.74, 6) is 2.81. The summed E-state index contributed by atoms with van der Waals surface area (Å²) in [6.07, 6.45) is 25.9. The molecule has 1 fully saturated rings. The van der Waals surface area contributed by atoms with Gasteiger partial charge in [0.25, 0.3) is 0 Å². The predicted octanol–water partition coefficient (Wildman–Crippen LogP) is 14.9. The van der Waals surface area contributed by atoms with Crippen molar-refractivity contribution in [2.24, 2.45) is 0 Å². The molecule has 0 aromatic heterocycles. The van der Waals surface area contributed by atoms with Gasteiger partial charge in [-0.3, -0.25) is 0 Å². The molecule has 2 unspecified atom stereocenters. The first-order valence-corrected chi connectivity index (χ1v) is 23.1. The van der Waals surface area contributed by atoms with Crippen LogP contribution in [0, 0.1) is 0 Å². The van der Waals surface area contributed by atoms with Crippen LogP contribution in [0.2, 0.25) is 0 Å². The van der Waals surface area contributed by atoms with Gasteiger partial charge in [0.1, 0.15) is 17.6 Å². The third kappa shape index (κ3) is 5.53. The van der Waals surface area contributed by atoms with Gasteiger partial charge in [0.05, 0.1) is 23.1 Å². The van der Waals surface area contributed by atoms with Crippen LogP contribution in [-0.2, 0) is 10.8 Å². The van der Waals surface area contributed by atoms with E-state index < -0.39 is 0 Å². The Morgan fingerprint density at radius 3 is 2.02 bits per heavy atom. The molecule has 0 radical (unpaired) electrons. The SMILES string of the molecule is CC1(C)c2cc(/C=C/c3ccc4c(c3)C3(CCCCC3)c3cc(N5c6ccccc6OC6C=CC=CC65)ccc3-4)ccc2-c2ccc(N3C4=C(C=CCC4)Oc4ccccc43)cc21. The number of fused-ring (bicyclic) bond motifs is 11. The van der Waals surface area contributed by atoms with E-state index in [-0.39, 0.29) is 23.0 Å². The Labute approximate surface area is 370 Å². The molecular weight excluding hydrogens is 769 g/mol. The molecular formula is C59H50N2O2. The van der Waals surface area contributed by atoms with Crippen LogP contribution in [0.15, 0.2) is 169 Å².